The van der Waals surface area contributed by atoms with Gasteiger partial charge in [-0.15, -0.1) is 11.8 Å². The summed E-state index contributed by atoms with van der Waals surface area (Å²) in [5, 5.41) is 4.56. The number of thioether (sulfide) groups is 1. The monoisotopic (exact) mass is 417 g/mol. The number of carbonyl (C=O) groups is 3. The van der Waals surface area contributed by atoms with Gasteiger partial charge in [0, 0.05) is 23.7 Å². The van der Waals surface area contributed by atoms with E-state index >= 15 is 0 Å². The Balaban J connectivity index is 1.33. The van der Waals surface area contributed by atoms with E-state index in [2.05, 4.69) is 10.3 Å². The second kappa shape index (κ2) is 7.57. The topological polar surface area (TPSA) is 79.4 Å². The Bertz CT molecular complexity index is 1150. The van der Waals surface area contributed by atoms with E-state index in [1.807, 2.05) is 24.3 Å². The fourth-order valence-corrected chi connectivity index (χ4v) is 4.43. The second-order valence-electron chi connectivity index (χ2n) is 7.43. The number of aromatic nitrogens is 1. The van der Waals surface area contributed by atoms with Gasteiger partial charge < -0.3 is 5.32 Å². The largest absolute Gasteiger partial charge is 0.349 e. The molecule has 1 aromatic heterocycles. The lowest BCUT2D eigenvalue weighted by atomic mass is 10.1. The molecule has 3 amide bonds. The minimum atomic E-state index is -0.257. The molecule has 1 aliphatic carbocycles. The minimum absolute atomic E-state index is 0.0849. The van der Waals surface area contributed by atoms with E-state index in [9.17, 15) is 14.4 Å². The normalized spacial score (nSPS) is 15.5. The van der Waals surface area contributed by atoms with E-state index < -0.39 is 0 Å². The summed E-state index contributed by atoms with van der Waals surface area (Å²) in [5.74, 6) is -0.0989. The molecule has 6 nitrogen and oxygen atoms in total. The Labute approximate surface area is 177 Å². The van der Waals surface area contributed by atoms with Crippen LogP contribution in [-0.4, -0.2) is 45.9 Å². The highest BCUT2D eigenvalue weighted by Gasteiger charge is 2.34. The van der Waals surface area contributed by atoms with Crippen LogP contribution in [0.1, 0.15) is 43.9 Å². The summed E-state index contributed by atoms with van der Waals surface area (Å²) >= 11 is 1.43. The fourth-order valence-electron chi connectivity index (χ4n) is 3.59. The lowest BCUT2D eigenvalue weighted by Crippen LogP contribution is -2.31. The van der Waals surface area contributed by atoms with E-state index in [1.54, 1.807) is 30.3 Å². The van der Waals surface area contributed by atoms with E-state index in [0.29, 0.717) is 27.5 Å². The number of rotatable bonds is 6. The lowest BCUT2D eigenvalue weighted by molar-refractivity contribution is 0.0664. The molecular weight excluding hydrogens is 398 g/mol. The van der Waals surface area contributed by atoms with Gasteiger partial charge in [0.25, 0.3) is 17.7 Å². The summed E-state index contributed by atoms with van der Waals surface area (Å²) in [5.41, 5.74) is 2.27. The first-order valence-corrected chi connectivity index (χ1v) is 10.9. The molecule has 0 radical (unpaired) electrons. The van der Waals surface area contributed by atoms with Crippen LogP contribution in [0.3, 0.4) is 0 Å². The molecule has 2 heterocycles. The van der Waals surface area contributed by atoms with Crippen molar-refractivity contribution >= 4 is 40.4 Å². The molecule has 0 saturated heterocycles. The molecule has 1 N–H and O–H groups in total. The molecule has 5 rings (SSSR count). The second-order valence-corrected chi connectivity index (χ2v) is 8.54. The van der Waals surface area contributed by atoms with Gasteiger partial charge >= 0.3 is 0 Å². The minimum Gasteiger partial charge on any atom is -0.349 e. The summed E-state index contributed by atoms with van der Waals surface area (Å²) < 4.78 is 0. The van der Waals surface area contributed by atoms with Crippen LogP contribution in [0.4, 0.5) is 0 Å². The molecule has 3 aromatic rings. The Morgan fingerprint density at radius 1 is 1.03 bits per heavy atom. The average Bonchev–Trinajstić information content (AvgIpc) is 3.55. The van der Waals surface area contributed by atoms with Crippen LogP contribution in [0, 0.1) is 0 Å². The van der Waals surface area contributed by atoms with Crippen molar-refractivity contribution in [3.8, 4) is 0 Å². The molecule has 30 heavy (non-hydrogen) atoms. The summed E-state index contributed by atoms with van der Waals surface area (Å²) in [7, 11) is 0. The van der Waals surface area contributed by atoms with Crippen LogP contribution in [0.2, 0.25) is 0 Å². The van der Waals surface area contributed by atoms with Gasteiger partial charge in [-0.1, -0.05) is 30.3 Å². The van der Waals surface area contributed by atoms with Gasteiger partial charge in [0.15, 0.2) is 0 Å². The number of para-hydroxylation sites is 1. The van der Waals surface area contributed by atoms with E-state index in [0.717, 1.165) is 23.7 Å². The zero-order valence-electron chi connectivity index (χ0n) is 16.1. The molecule has 1 fully saturated rings. The number of nitrogens with zero attached hydrogens (tertiary/aromatic N) is 2. The molecule has 0 spiro atoms. The third kappa shape index (κ3) is 3.45. The maximum Gasteiger partial charge on any atom is 0.261 e. The molecule has 1 saturated carbocycles. The molecule has 7 heteroatoms. The van der Waals surface area contributed by atoms with Crippen molar-refractivity contribution in [2.45, 2.75) is 23.9 Å². The summed E-state index contributed by atoms with van der Waals surface area (Å²) in [6, 6.07) is 16.5. The first-order chi connectivity index (χ1) is 14.6. The predicted molar refractivity (Wildman–Crippen MR) is 115 cm³/mol. The van der Waals surface area contributed by atoms with Crippen molar-refractivity contribution in [3.63, 3.8) is 0 Å². The van der Waals surface area contributed by atoms with Crippen LogP contribution >= 0.6 is 11.8 Å². The summed E-state index contributed by atoms with van der Waals surface area (Å²) in [4.78, 5) is 43.6. The Kier molecular flexibility index (Phi) is 4.75. The molecule has 0 unspecified atom stereocenters. The van der Waals surface area contributed by atoms with Crippen LogP contribution in [-0.2, 0) is 0 Å². The van der Waals surface area contributed by atoms with Crippen LogP contribution in [0.25, 0.3) is 10.9 Å². The number of hydrogen-bond acceptors (Lipinski definition) is 5. The van der Waals surface area contributed by atoms with Gasteiger partial charge in [0.05, 0.1) is 27.2 Å². The molecule has 2 aliphatic rings. The highest BCUT2D eigenvalue weighted by Crippen LogP contribution is 2.27. The van der Waals surface area contributed by atoms with Gasteiger partial charge in [-0.3, -0.25) is 19.3 Å². The molecular formula is C23H19N3O3S. The SMILES string of the molecule is O=C(NC1CC1)c1cc(SCCN2C(=O)c3ccccc3C2=O)nc2ccccc12. The van der Waals surface area contributed by atoms with Crippen molar-refractivity contribution in [3.05, 3.63) is 71.3 Å². The fraction of sp³-hybridized carbons (Fsp3) is 0.217. The highest BCUT2D eigenvalue weighted by molar-refractivity contribution is 7.99. The van der Waals surface area contributed by atoms with Crippen LogP contribution in [0.5, 0.6) is 0 Å². The molecule has 0 bridgehead atoms. The third-order valence-electron chi connectivity index (χ3n) is 5.29. The first-order valence-electron chi connectivity index (χ1n) is 9.90. The maximum atomic E-state index is 12.7. The van der Waals surface area contributed by atoms with Crippen molar-refractivity contribution in [1.29, 1.82) is 0 Å². The highest BCUT2D eigenvalue weighted by atomic mass is 32.2. The number of fused-ring (bicyclic) bond motifs is 2. The van der Waals surface area contributed by atoms with Gasteiger partial charge in [-0.25, -0.2) is 4.98 Å². The molecule has 2 aromatic carbocycles. The zero-order valence-corrected chi connectivity index (χ0v) is 16.9. The van der Waals surface area contributed by atoms with Crippen LogP contribution < -0.4 is 5.32 Å². The number of hydrogen-bond donors (Lipinski definition) is 1. The standard InChI is InChI=1S/C23H19N3O3S/c27-21(24-14-9-10-14)18-13-20(25-19-8-4-3-5-15(18)19)30-12-11-26-22(28)16-6-1-2-7-17(16)23(26)29/h1-8,13-14H,9-12H2,(H,24,27). The Hall–Kier alpha value is -3.19. The lowest BCUT2D eigenvalue weighted by Gasteiger charge is -2.14. The Morgan fingerprint density at radius 2 is 1.70 bits per heavy atom. The van der Waals surface area contributed by atoms with E-state index in [1.165, 1.54) is 16.7 Å². The quantitative estimate of drug-likeness (QED) is 0.490. The summed E-state index contributed by atoms with van der Waals surface area (Å²) in [6.45, 7) is 0.287. The van der Waals surface area contributed by atoms with Crippen molar-refractivity contribution in [2.24, 2.45) is 0 Å². The molecule has 150 valence electrons. The smallest absolute Gasteiger partial charge is 0.261 e. The summed E-state index contributed by atoms with van der Waals surface area (Å²) in [6.07, 6.45) is 2.05. The number of pyridine rings is 1. The third-order valence-corrected chi connectivity index (χ3v) is 6.18. The zero-order chi connectivity index (χ0) is 20.7. The van der Waals surface area contributed by atoms with Crippen molar-refractivity contribution in [1.82, 2.24) is 15.2 Å². The maximum absolute atomic E-state index is 12.7. The van der Waals surface area contributed by atoms with Gasteiger partial charge in [-0.05, 0) is 37.1 Å². The first kappa shape index (κ1) is 18.8. The van der Waals surface area contributed by atoms with E-state index in [-0.39, 0.29) is 30.3 Å². The van der Waals surface area contributed by atoms with E-state index in [4.69, 9.17) is 0 Å². The number of amides is 3. The van der Waals surface area contributed by atoms with Gasteiger partial charge in [-0.2, -0.15) is 0 Å². The van der Waals surface area contributed by atoms with Crippen molar-refractivity contribution in [2.75, 3.05) is 12.3 Å². The van der Waals surface area contributed by atoms with Gasteiger partial charge in [0.2, 0.25) is 0 Å². The number of benzene rings is 2. The molecule has 1 aliphatic heterocycles. The molecule has 0 atom stereocenters. The predicted octanol–water partition coefficient (Wildman–Crippen LogP) is 3.52. The average molecular weight is 417 g/mol. The number of imide groups is 1. The van der Waals surface area contributed by atoms with Gasteiger partial charge in [0.1, 0.15) is 0 Å². The van der Waals surface area contributed by atoms with Crippen molar-refractivity contribution < 1.29 is 14.4 Å². The Morgan fingerprint density at radius 3 is 2.40 bits per heavy atom. The number of nitrogens with one attached hydrogen (secondary N) is 1. The van der Waals surface area contributed by atoms with Crippen LogP contribution in [0.15, 0.2) is 59.6 Å². The number of carbonyl (C=O) groups excluding carboxylic acids is 3.